The number of nitrogens with zero attached hydrogens (tertiary/aromatic N) is 2. The molecule has 0 amide bonds. The lowest BCUT2D eigenvalue weighted by atomic mass is 10.2. The van der Waals surface area contributed by atoms with E-state index in [1.54, 1.807) is 18.2 Å². The lowest BCUT2D eigenvalue weighted by Gasteiger charge is -2.39. The number of nitrogens with two attached hydrogens (primary N) is 1. The quantitative estimate of drug-likeness (QED) is 0.901. The molecule has 0 spiro atoms. The third kappa shape index (κ3) is 4.24. The molecule has 4 nitrogen and oxygen atoms in total. The van der Waals surface area contributed by atoms with Crippen LogP contribution >= 0.6 is 23.2 Å². The summed E-state index contributed by atoms with van der Waals surface area (Å²) < 4.78 is 5.73. The van der Waals surface area contributed by atoms with Gasteiger partial charge in [0.1, 0.15) is 12.4 Å². The molecule has 1 aliphatic rings. The first-order chi connectivity index (χ1) is 9.60. The van der Waals surface area contributed by atoms with Gasteiger partial charge in [-0.3, -0.25) is 4.90 Å². The van der Waals surface area contributed by atoms with Gasteiger partial charge in [-0.1, -0.05) is 23.2 Å². The first-order valence-electron chi connectivity index (χ1n) is 6.80. The summed E-state index contributed by atoms with van der Waals surface area (Å²) in [4.78, 5) is 4.69. The normalized spacial score (nSPS) is 21.1. The van der Waals surface area contributed by atoms with Crippen LogP contribution in [-0.2, 0) is 0 Å². The van der Waals surface area contributed by atoms with Gasteiger partial charge in [0.05, 0.1) is 5.02 Å². The van der Waals surface area contributed by atoms with Crippen LogP contribution in [0.2, 0.25) is 10.0 Å². The molecule has 1 unspecified atom stereocenters. The molecule has 6 heteroatoms. The minimum atomic E-state index is 0.401. The zero-order valence-corrected chi connectivity index (χ0v) is 13.2. The number of hydrogen-bond acceptors (Lipinski definition) is 4. The second-order valence-corrected chi connectivity index (χ2v) is 5.95. The third-order valence-electron chi connectivity index (χ3n) is 3.61. The average molecular weight is 318 g/mol. The van der Waals surface area contributed by atoms with Crippen LogP contribution in [0.4, 0.5) is 0 Å². The van der Waals surface area contributed by atoms with Crippen LogP contribution < -0.4 is 10.5 Å². The third-order valence-corrected chi connectivity index (χ3v) is 4.14. The molecule has 1 aromatic carbocycles. The molecule has 2 N–H and O–H groups in total. The Morgan fingerprint density at radius 2 is 2.15 bits per heavy atom. The van der Waals surface area contributed by atoms with Gasteiger partial charge in [0.25, 0.3) is 0 Å². The standard InChI is InChI=1S/C14H21Cl2N3O/c1-18-4-5-19(12(9-17)10-18)6-7-20-14-3-2-11(15)8-13(14)16/h2-3,8,12H,4-7,9-10,17H2,1H3. The summed E-state index contributed by atoms with van der Waals surface area (Å²) in [5.74, 6) is 0.675. The molecule has 1 heterocycles. The molecule has 2 rings (SSSR count). The second-order valence-electron chi connectivity index (χ2n) is 5.11. The number of likely N-dealkylation sites (N-methyl/N-ethyl adjacent to an activating group) is 1. The number of piperazine rings is 1. The minimum Gasteiger partial charge on any atom is -0.491 e. The van der Waals surface area contributed by atoms with Crippen LogP contribution in [-0.4, -0.2) is 62.2 Å². The van der Waals surface area contributed by atoms with Gasteiger partial charge >= 0.3 is 0 Å². The number of halogens is 2. The van der Waals surface area contributed by atoms with E-state index >= 15 is 0 Å². The molecule has 1 aliphatic heterocycles. The first-order valence-corrected chi connectivity index (χ1v) is 7.56. The van der Waals surface area contributed by atoms with Crippen LogP contribution in [0, 0.1) is 0 Å². The second kappa shape index (κ2) is 7.48. The molecule has 0 bridgehead atoms. The molecular formula is C14H21Cl2N3O. The van der Waals surface area contributed by atoms with E-state index in [0.717, 1.165) is 26.2 Å². The number of ether oxygens (including phenoxy) is 1. The van der Waals surface area contributed by atoms with Gasteiger partial charge in [-0.2, -0.15) is 0 Å². The molecule has 1 aromatic rings. The van der Waals surface area contributed by atoms with Crippen LogP contribution in [0.15, 0.2) is 18.2 Å². The summed E-state index contributed by atoms with van der Waals surface area (Å²) in [7, 11) is 2.13. The molecule has 0 radical (unpaired) electrons. The smallest absolute Gasteiger partial charge is 0.138 e. The Bertz CT molecular complexity index is 444. The van der Waals surface area contributed by atoms with Gasteiger partial charge in [-0.15, -0.1) is 0 Å². The summed E-state index contributed by atoms with van der Waals surface area (Å²) in [6.07, 6.45) is 0. The van der Waals surface area contributed by atoms with E-state index in [9.17, 15) is 0 Å². The Hall–Kier alpha value is -0.520. The highest BCUT2D eigenvalue weighted by Crippen LogP contribution is 2.27. The maximum absolute atomic E-state index is 6.08. The molecule has 1 fully saturated rings. The Balaban J connectivity index is 1.83. The molecule has 1 saturated heterocycles. The van der Waals surface area contributed by atoms with Gasteiger partial charge in [-0.25, -0.2) is 0 Å². The van der Waals surface area contributed by atoms with Crippen molar-refractivity contribution in [1.29, 1.82) is 0 Å². The topological polar surface area (TPSA) is 41.7 Å². The highest BCUT2D eigenvalue weighted by atomic mass is 35.5. The molecule has 1 atom stereocenters. The van der Waals surface area contributed by atoms with Crippen molar-refractivity contribution in [3.8, 4) is 5.75 Å². The van der Waals surface area contributed by atoms with Crippen molar-refractivity contribution in [3.05, 3.63) is 28.2 Å². The average Bonchev–Trinajstić information content (AvgIpc) is 2.42. The maximum Gasteiger partial charge on any atom is 0.138 e. The highest BCUT2D eigenvalue weighted by Gasteiger charge is 2.23. The number of hydrogen-bond donors (Lipinski definition) is 1. The van der Waals surface area contributed by atoms with Crippen molar-refractivity contribution < 1.29 is 4.74 Å². The van der Waals surface area contributed by atoms with Crippen LogP contribution in [0.5, 0.6) is 5.75 Å². The molecule has 0 aliphatic carbocycles. The van der Waals surface area contributed by atoms with Crippen molar-refractivity contribution in [2.45, 2.75) is 6.04 Å². The van der Waals surface area contributed by atoms with Gasteiger partial charge in [0.2, 0.25) is 0 Å². The van der Waals surface area contributed by atoms with Gasteiger partial charge < -0.3 is 15.4 Å². The Kier molecular flexibility index (Phi) is 5.93. The molecule has 20 heavy (non-hydrogen) atoms. The number of rotatable bonds is 5. The van der Waals surface area contributed by atoms with Crippen molar-refractivity contribution in [3.63, 3.8) is 0 Å². The van der Waals surface area contributed by atoms with Crippen molar-refractivity contribution in [1.82, 2.24) is 9.80 Å². The van der Waals surface area contributed by atoms with Crippen LogP contribution in [0.3, 0.4) is 0 Å². The lowest BCUT2D eigenvalue weighted by molar-refractivity contribution is 0.0807. The summed E-state index contributed by atoms with van der Waals surface area (Å²) >= 11 is 11.9. The van der Waals surface area contributed by atoms with Crippen molar-refractivity contribution in [2.75, 3.05) is 46.4 Å². The SMILES string of the molecule is CN1CCN(CCOc2ccc(Cl)cc2Cl)C(CN)C1. The van der Waals surface area contributed by atoms with E-state index in [-0.39, 0.29) is 0 Å². The van der Waals surface area contributed by atoms with E-state index < -0.39 is 0 Å². The van der Waals surface area contributed by atoms with E-state index in [4.69, 9.17) is 33.7 Å². The maximum atomic E-state index is 6.08. The fourth-order valence-electron chi connectivity index (χ4n) is 2.43. The molecule has 112 valence electrons. The largest absolute Gasteiger partial charge is 0.491 e. The monoisotopic (exact) mass is 317 g/mol. The fraction of sp³-hybridized carbons (Fsp3) is 0.571. The van der Waals surface area contributed by atoms with Gasteiger partial charge in [-0.05, 0) is 25.2 Å². The summed E-state index contributed by atoms with van der Waals surface area (Å²) in [5.41, 5.74) is 5.83. The Morgan fingerprint density at radius 1 is 1.35 bits per heavy atom. The fourth-order valence-corrected chi connectivity index (χ4v) is 2.89. The predicted molar refractivity (Wildman–Crippen MR) is 83.9 cm³/mol. The molecule has 0 saturated carbocycles. The Labute approximate surface area is 130 Å². The summed E-state index contributed by atoms with van der Waals surface area (Å²) in [6.45, 7) is 5.23. The van der Waals surface area contributed by atoms with E-state index in [1.807, 2.05) is 0 Å². The van der Waals surface area contributed by atoms with E-state index in [0.29, 0.717) is 35.0 Å². The first kappa shape index (κ1) is 15.9. The molecule has 0 aromatic heterocycles. The van der Waals surface area contributed by atoms with Gasteiger partial charge in [0, 0.05) is 43.8 Å². The van der Waals surface area contributed by atoms with Crippen molar-refractivity contribution >= 4 is 23.2 Å². The number of benzene rings is 1. The zero-order chi connectivity index (χ0) is 14.5. The van der Waals surface area contributed by atoms with Crippen LogP contribution in [0.1, 0.15) is 0 Å². The van der Waals surface area contributed by atoms with Gasteiger partial charge in [0.15, 0.2) is 0 Å². The lowest BCUT2D eigenvalue weighted by Crippen LogP contribution is -2.55. The van der Waals surface area contributed by atoms with E-state index in [1.165, 1.54) is 0 Å². The predicted octanol–water partition coefficient (Wildman–Crippen LogP) is 1.95. The van der Waals surface area contributed by atoms with E-state index in [2.05, 4.69) is 16.8 Å². The van der Waals surface area contributed by atoms with Crippen LogP contribution in [0.25, 0.3) is 0 Å². The summed E-state index contributed by atoms with van der Waals surface area (Å²) in [6, 6.07) is 5.67. The Morgan fingerprint density at radius 3 is 2.85 bits per heavy atom. The minimum absolute atomic E-state index is 0.401. The highest BCUT2D eigenvalue weighted by molar-refractivity contribution is 6.35. The van der Waals surface area contributed by atoms with Crippen molar-refractivity contribution in [2.24, 2.45) is 5.73 Å². The summed E-state index contributed by atoms with van der Waals surface area (Å²) in [5, 5.41) is 1.16. The zero-order valence-electron chi connectivity index (χ0n) is 11.7. The molecular weight excluding hydrogens is 297 g/mol.